The van der Waals surface area contributed by atoms with Crippen molar-refractivity contribution in [3.05, 3.63) is 83.0 Å². The molecule has 0 saturated carbocycles. The predicted octanol–water partition coefficient (Wildman–Crippen LogP) is 4.44. The lowest BCUT2D eigenvalue weighted by molar-refractivity contribution is 0.294. The number of hydrogen-bond acceptors (Lipinski definition) is 3. The molecule has 0 bridgehead atoms. The van der Waals surface area contributed by atoms with E-state index >= 15 is 0 Å². The minimum atomic E-state index is 0.482. The molecule has 2 aromatic carbocycles. The Morgan fingerprint density at radius 3 is 2.48 bits per heavy atom. The molecule has 4 heteroatoms. The van der Waals surface area contributed by atoms with Crippen LogP contribution in [-0.4, -0.2) is 4.98 Å². The molecule has 23 heavy (non-hydrogen) atoms. The van der Waals surface area contributed by atoms with E-state index in [1.807, 2.05) is 60.7 Å². The molecule has 3 rings (SSSR count). The van der Waals surface area contributed by atoms with Crippen molar-refractivity contribution in [2.24, 2.45) is 5.73 Å². The van der Waals surface area contributed by atoms with Gasteiger partial charge >= 0.3 is 0 Å². The Labute approximate surface area is 140 Å². The standard InChI is InChI=1S/C19H17ClN2O/c20-18-8-6-15(11-21)10-17(18)16-7-9-19(22-12-16)23-13-14-4-2-1-3-5-14/h1-10,12H,11,13,21H2. The fraction of sp³-hybridized carbons (Fsp3) is 0.105. The molecule has 3 nitrogen and oxygen atoms in total. The average Bonchev–Trinajstić information content (AvgIpc) is 2.62. The second-order valence-electron chi connectivity index (χ2n) is 5.18. The van der Waals surface area contributed by atoms with Gasteiger partial charge in [-0.3, -0.25) is 0 Å². The van der Waals surface area contributed by atoms with Crippen molar-refractivity contribution >= 4 is 11.6 Å². The molecule has 1 aromatic heterocycles. The van der Waals surface area contributed by atoms with Crippen LogP contribution in [-0.2, 0) is 13.2 Å². The fourth-order valence-electron chi connectivity index (χ4n) is 2.28. The lowest BCUT2D eigenvalue weighted by Gasteiger charge is -2.09. The first-order chi connectivity index (χ1) is 11.3. The highest BCUT2D eigenvalue weighted by Crippen LogP contribution is 2.29. The van der Waals surface area contributed by atoms with Crippen LogP contribution in [0.4, 0.5) is 0 Å². The van der Waals surface area contributed by atoms with Gasteiger partial charge in [-0.15, -0.1) is 0 Å². The van der Waals surface area contributed by atoms with E-state index in [4.69, 9.17) is 22.1 Å². The molecular weight excluding hydrogens is 308 g/mol. The summed E-state index contributed by atoms with van der Waals surface area (Å²) in [4.78, 5) is 4.35. The number of nitrogens with zero attached hydrogens (tertiary/aromatic N) is 1. The van der Waals surface area contributed by atoms with Gasteiger partial charge in [0.1, 0.15) is 6.61 Å². The van der Waals surface area contributed by atoms with Crippen molar-refractivity contribution < 1.29 is 4.74 Å². The first kappa shape index (κ1) is 15.5. The molecule has 116 valence electrons. The summed E-state index contributed by atoms with van der Waals surface area (Å²) in [5, 5.41) is 0.682. The van der Waals surface area contributed by atoms with Gasteiger partial charge in [0.05, 0.1) is 0 Å². The smallest absolute Gasteiger partial charge is 0.213 e. The Morgan fingerprint density at radius 1 is 0.957 bits per heavy atom. The van der Waals surface area contributed by atoms with Gasteiger partial charge in [0, 0.05) is 35.0 Å². The summed E-state index contributed by atoms with van der Waals surface area (Å²) >= 11 is 6.27. The monoisotopic (exact) mass is 324 g/mol. The first-order valence-electron chi connectivity index (χ1n) is 7.38. The number of hydrogen-bond donors (Lipinski definition) is 1. The number of halogens is 1. The highest BCUT2D eigenvalue weighted by Gasteiger charge is 2.06. The molecule has 0 aliphatic rings. The van der Waals surface area contributed by atoms with Crippen LogP contribution >= 0.6 is 11.6 Å². The van der Waals surface area contributed by atoms with Gasteiger partial charge in [0.2, 0.25) is 5.88 Å². The molecule has 0 fully saturated rings. The number of pyridine rings is 1. The van der Waals surface area contributed by atoms with E-state index < -0.39 is 0 Å². The maximum Gasteiger partial charge on any atom is 0.213 e. The Balaban J connectivity index is 1.74. The summed E-state index contributed by atoms with van der Waals surface area (Å²) in [6.45, 7) is 0.979. The Hall–Kier alpha value is -2.36. The summed E-state index contributed by atoms with van der Waals surface area (Å²) in [6, 6.07) is 19.6. The third kappa shape index (κ3) is 3.89. The zero-order valence-electron chi connectivity index (χ0n) is 12.6. The van der Waals surface area contributed by atoms with Crippen LogP contribution in [0, 0.1) is 0 Å². The lowest BCUT2D eigenvalue weighted by Crippen LogP contribution is -1.98. The highest BCUT2D eigenvalue weighted by atomic mass is 35.5. The maximum atomic E-state index is 6.27. The molecule has 0 atom stereocenters. The quantitative estimate of drug-likeness (QED) is 0.754. The Morgan fingerprint density at radius 2 is 1.78 bits per heavy atom. The largest absolute Gasteiger partial charge is 0.473 e. The zero-order chi connectivity index (χ0) is 16.1. The molecule has 3 aromatic rings. The minimum Gasteiger partial charge on any atom is -0.473 e. The van der Waals surface area contributed by atoms with Gasteiger partial charge in [-0.25, -0.2) is 4.98 Å². The number of ether oxygens (including phenoxy) is 1. The molecular formula is C19H17ClN2O. The van der Waals surface area contributed by atoms with Gasteiger partial charge in [0.15, 0.2) is 0 Å². The molecule has 1 heterocycles. The minimum absolute atomic E-state index is 0.482. The predicted molar refractivity (Wildman–Crippen MR) is 93.3 cm³/mol. The summed E-state index contributed by atoms with van der Waals surface area (Å²) in [7, 11) is 0. The van der Waals surface area contributed by atoms with Gasteiger partial charge < -0.3 is 10.5 Å². The van der Waals surface area contributed by atoms with Crippen molar-refractivity contribution in [1.29, 1.82) is 0 Å². The first-order valence-corrected chi connectivity index (χ1v) is 7.75. The van der Waals surface area contributed by atoms with Crippen LogP contribution in [0.25, 0.3) is 11.1 Å². The van der Waals surface area contributed by atoms with E-state index in [9.17, 15) is 0 Å². The number of aromatic nitrogens is 1. The van der Waals surface area contributed by atoms with E-state index in [2.05, 4.69) is 4.98 Å². The summed E-state index contributed by atoms with van der Waals surface area (Å²) in [5.41, 5.74) is 9.70. The van der Waals surface area contributed by atoms with Crippen LogP contribution in [0.5, 0.6) is 5.88 Å². The fourth-order valence-corrected chi connectivity index (χ4v) is 2.50. The van der Waals surface area contributed by atoms with Crippen molar-refractivity contribution in [3.8, 4) is 17.0 Å². The highest BCUT2D eigenvalue weighted by molar-refractivity contribution is 6.33. The van der Waals surface area contributed by atoms with Crippen molar-refractivity contribution in [2.75, 3.05) is 0 Å². The van der Waals surface area contributed by atoms with E-state index in [-0.39, 0.29) is 0 Å². The number of nitrogens with two attached hydrogens (primary N) is 1. The van der Waals surface area contributed by atoms with Gasteiger partial charge in [0.25, 0.3) is 0 Å². The SMILES string of the molecule is NCc1ccc(Cl)c(-c2ccc(OCc3ccccc3)nc2)c1. The molecule has 0 saturated heterocycles. The third-order valence-electron chi connectivity index (χ3n) is 3.54. The van der Waals surface area contributed by atoms with Gasteiger partial charge in [-0.05, 0) is 29.3 Å². The topological polar surface area (TPSA) is 48.1 Å². The van der Waals surface area contributed by atoms with Crippen LogP contribution in [0.3, 0.4) is 0 Å². The molecule has 2 N–H and O–H groups in total. The van der Waals surface area contributed by atoms with Crippen LogP contribution < -0.4 is 10.5 Å². The Bertz CT molecular complexity index is 773. The van der Waals surface area contributed by atoms with Crippen LogP contribution in [0.15, 0.2) is 66.9 Å². The van der Waals surface area contributed by atoms with E-state index in [0.29, 0.717) is 24.1 Å². The lowest BCUT2D eigenvalue weighted by atomic mass is 10.0. The van der Waals surface area contributed by atoms with Gasteiger partial charge in [-0.1, -0.05) is 48.0 Å². The van der Waals surface area contributed by atoms with Crippen molar-refractivity contribution in [1.82, 2.24) is 4.98 Å². The maximum absolute atomic E-state index is 6.27. The average molecular weight is 325 g/mol. The molecule has 0 aliphatic heterocycles. The van der Waals surface area contributed by atoms with E-state index in [1.54, 1.807) is 6.20 Å². The van der Waals surface area contributed by atoms with E-state index in [0.717, 1.165) is 22.3 Å². The zero-order valence-corrected chi connectivity index (χ0v) is 13.3. The summed E-state index contributed by atoms with van der Waals surface area (Å²) in [5.74, 6) is 0.587. The van der Waals surface area contributed by atoms with Gasteiger partial charge in [-0.2, -0.15) is 0 Å². The van der Waals surface area contributed by atoms with E-state index in [1.165, 1.54) is 0 Å². The second-order valence-corrected chi connectivity index (χ2v) is 5.58. The molecule has 0 unspecified atom stereocenters. The molecule has 0 radical (unpaired) electrons. The Kier molecular flexibility index (Phi) is 4.91. The summed E-state index contributed by atoms with van der Waals surface area (Å²) < 4.78 is 5.69. The van der Waals surface area contributed by atoms with Crippen molar-refractivity contribution in [2.45, 2.75) is 13.2 Å². The molecule has 0 spiro atoms. The van der Waals surface area contributed by atoms with Crippen molar-refractivity contribution in [3.63, 3.8) is 0 Å². The third-order valence-corrected chi connectivity index (χ3v) is 3.87. The van der Waals surface area contributed by atoms with Crippen LogP contribution in [0.2, 0.25) is 5.02 Å². The molecule has 0 aliphatic carbocycles. The second kappa shape index (κ2) is 7.27. The number of rotatable bonds is 5. The number of benzene rings is 2. The molecule has 0 amide bonds. The normalized spacial score (nSPS) is 10.5. The van der Waals surface area contributed by atoms with Crippen LogP contribution in [0.1, 0.15) is 11.1 Å². The summed E-state index contributed by atoms with van der Waals surface area (Å²) in [6.07, 6.45) is 1.77.